The third kappa shape index (κ3) is 5.65. The van der Waals surface area contributed by atoms with Crippen LogP contribution in [0.4, 0.5) is 5.69 Å². The molecule has 1 aromatic carbocycles. The monoisotopic (exact) mass is 463 g/mol. The molecule has 0 saturated carbocycles. The van der Waals surface area contributed by atoms with Crippen molar-refractivity contribution in [3.63, 3.8) is 0 Å². The van der Waals surface area contributed by atoms with Crippen molar-refractivity contribution < 1.29 is 22.7 Å². The number of hydrogen-bond acceptors (Lipinski definition) is 6. The molecule has 0 radical (unpaired) electrons. The summed E-state index contributed by atoms with van der Waals surface area (Å²) in [7, 11) is -1.94. The standard InChI is InChI=1S/C21H29N5O5S/c1-4-31-18-7-5-17(6-8-18)24-19(27)13-22-21(28)16-9-11-26(12-10-16)32(29,30)20-14-25(3)15(2)23-20/h5-8,14,16H,4,9-13H2,1-3H3,(H,22,28)(H,24,27). The van der Waals surface area contributed by atoms with Gasteiger partial charge in [-0.25, -0.2) is 13.4 Å². The van der Waals surface area contributed by atoms with E-state index >= 15 is 0 Å². The molecule has 2 amide bonds. The lowest BCUT2D eigenvalue weighted by Gasteiger charge is -2.29. The van der Waals surface area contributed by atoms with Gasteiger partial charge in [-0.1, -0.05) is 0 Å². The van der Waals surface area contributed by atoms with Gasteiger partial charge in [-0.15, -0.1) is 0 Å². The Kier molecular flexibility index (Phi) is 7.52. The molecule has 1 aliphatic rings. The number of imidazole rings is 1. The minimum atomic E-state index is -3.68. The first-order valence-electron chi connectivity index (χ1n) is 10.5. The summed E-state index contributed by atoms with van der Waals surface area (Å²) in [5, 5.41) is 5.38. The molecule has 0 spiro atoms. The normalized spacial score (nSPS) is 15.3. The van der Waals surface area contributed by atoms with Crippen LogP contribution in [-0.2, 0) is 26.7 Å². The van der Waals surface area contributed by atoms with E-state index in [4.69, 9.17) is 4.74 Å². The Morgan fingerprint density at radius 1 is 1.19 bits per heavy atom. The van der Waals surface area contributed by atoms with E-state index in [9.17, 15) is 18.0 Å². The summed E-state index contributed by atoms with van der Waals surface area (Å²) >= 11 is 0. The summed E-state index contributed by atoms with van der Waals surface area (Å²) < 4.78 is 33.9. The number of hydrogen-bond donors (Lipinski definition) is 2. The van der Waals surface area contributed by atoms with Gasteiger partial charge in [0.1, 0.15) is 11.6 Å². The second-order valence-corrected chi connectivity index (χ2v) is 9.52. The number of ether oxygens (including phenoxy) is 1. The lowest BCUT2D eigenvalue weighted by molar-refractivity contribution is -0.128. The molecule has 0 aliphatic carbocycles. The van der Waals surface area contributed by atoms with Crippen LogP contribution < -0.4 is 15.4 Å². The highest BCUT2D eigenvalue weighted by molar-refractivity contribution is 7.89. The van der Waals surface area contributed by atoms with Gasteiger partial charge in [-0.2, -0.15) is 4.31 Å². The largest absolute Gasteiger partial charge is 0.494 e. The van der Waals surface area contributed by atoms with Crippen molar-refractivity contribution in [2.45, 2.75) is 31.7 Å². The molecule has 0 unspecified atom stereocenters. The highest BCUT2D eigenvalue weighted by Gasteiger charge is 2.33. The zero-order valence-corrected chi connectivity index (χ0v) is 19.3. The average molecular weight is 464 g/mol. The SMILES string of the molecule is CCOc1ccc(NC(=O)CNC(=O)C2CCN(S(=O)(=O)c3cn(C)c(C)n3)CC2)cc1. The van der Waals surface area contributed by atoms with Crippen molar-refractivity contribution in [1.29, 1.82) is 0 Å². The predicted molar refractivity (Wildman–Crippen MR) is 119 cm³/mol. The summed E-state index contributed by atoms with van der Waals surface area (Å²) in [4.78, 5) is 28.7. The minimum absolute atomic E-state index is 0.0198. The molecule has 2 N–H and O–H groups in total. The Bertz CT molecular complexity index is 1040. The number of piperidine rings is 1. The molecule has 11 heteroatoms. The topological polar surface area (TPSA) is 123 Å². The number of aryl methyl sites for hydroxylation is 2. The molecule has 2 heterocycles. The smallest absolute Gasteiger partial charge is 0.262 e. The van der Waals surface area contributed by atoms with Crippen molar-refractivity contribution in [1.82, 2.24) is 19.2 Å². The van der Waals surface area contributed by atoms with Crippen LogP contribution in [0.25, 0.3) is 0 Å². The van der Waals surface area contributed by atoms with E-state index in [-0.39, 0.29) is 42.4 Å². The molecule has 10 nitrogen and oxygen atoms in total. The van der Waals surface area contributed by atoms with Gasteiger partial charge in [-0.05, 0) is 51.0 Å². The molecule has 2 aromatic rings. The first-order valence-corrected chi connectivity index (χ1v) is 11.9. The lowest BCUT2D eigenvalue weighted by Crippen LogP contribution is -2.44. The van der Waals surface area contributed by atoms with Crippen molar-refractivity contribution >= 4 is 27.5 Å². The first kappa shape index (κ1) is 23.7. The molecular formula is C21H29N5O5S. The molecule has 1 fully saturated rings. The zero-order chi connectivity index (χ0) is 23.3. The van der Waals surface area contributed by atoms with Crippen LogP contribution in [0.15, 0.2) is 35.5 Å². The van der Waals surface area contributed by atoms with Gasteiger partial charge < -0.3 is 19.9 Å². The summed E-state index contributed by atoms with van der Waals surface area (Å²) in [6.07, 6.45) is 2.27. The van der Waals surface area contributed by atoms with Gasteiger partial charge in [0, 0.05) is 37.9 Å². The number of amides is 2. The highest BCUT2D eigenvalue weighted by atomic mass is 32.2. The molecule has 174 valence electrons. The van der Waals surface area contributed by atoms with Crippen LogP contribution >= 0.6 is 0 Å². The summed E-state index contributed by atoms with van der Waals surface area (Å²) in [6.45, 7) is 4.50. The van der Waals surface area contributed by atoms with E-state index in [1.54, 1.807) is 42.8 Å². The number of nitrogens with zero attached hydrogens (tertiary/aromatic N) is 3. The van der Waals surface area contributed by atoms with Crippen molar-refractivity contribution in [3.8, 4) is 5.75 Å². The van der Waals surface area contributed by atoms with Crippen molar-refractivity contribution in [2.24, 2.45) is 13.0 Å². The van der Waals surface area contributed by atoms with Gasteiger partial charge in [0.2, 0.25) is 11.8 Å². The molecule has 1 aliphatic heterocycles. The summed E-state index contributed by atoms with van der Waals surface area (Å²) in [5.41, 5.74) is 0.607. The third-order valence-corrected chi connectivity index (χ3v) is 7.16. The molecular weight excluding hydrogens is 434 g/mol. The van der Waals surface area contributed by atoms with Gasteiger partial charge in [-0.3, -0.25) is 9.59 Å². The van der Waals surface area contributed by atoms with Gasteiger partial charge >= 0.3 is 0 Å². The second-order valence-electron chi connectivity index (χ2n) is 7.64. The maximum absolute atomic E-state index is 12.8. The average Bonchev–Trinajstić information content (AvgIpc) is 3.13. The number of carbonyl (C=O) groups excluding carboxylic acids is 2. The Morgan fingerprint density at radius 3 is 2.41 bits per heavy atom. The van der Waals surface area contributed by atoms with E-state index in [0.29, 0.717) is 36.7 Å². The zero-order valence-electron chi connectivity index (χ0n) is 18.5. The van der Waals surface area contributed by atoms with Crippen LogP contribution in [-0.4, -0.2) is 60.3 Å². The number of anilines is 1. The fraction of sp³-hybridized carbons (Fsp3) is 0.476. The maximum atomic E-state index is 12.8. The molecule has 1 saturated heterocycles. The Balaban J connectivity index is 1.45. The van der Waals surface area contributed by atoms with Crippen LogP contribution in [0.3, 0.4) is 0 Å². The summed E-state index contributed by atoms with van der Waals surface area (Å²) in [6, 6.07) is 6.96. The Labute approximate surface area is 188 Å². The van der Waals surface area contributed by atoms with Crippen LogP contribution in [0.1, 0.15) is 25.6 Å². The van der Waals surface area contributed by atoms with Crippen LogP contribution in [0.2, 0.25) is 0 Å². The number of rotatable bonds is 8. The lowest BCUT2D eigenvalue weighted by atomic mass is 9.97. The predicted octanol–water partition coefficient (Wildman–Crippen LogP) is 1.28. The van der Waals surface area contributed by atoms with E-state index in [2.05, 4.69) is 15.6 Å². The second kappa shape index (κ2) is 10.1. The molecule has 3 rings (SSSR count). The van der Waals surface area contributed by atoms with E-state index in [1.165, 1.54) is 10.5 Å². The molecule has 1 aromatic heterocycles. The first-order chi connectivity index (χ1) is 15.2. The van der Waals surface area contributed by atoms with E-state index in [1.807, 2.05) is 6.92 Å². The van der Waals surface area contributed by atoms with Gasteiger partial charge in [0.25, 0.3) is 10.0 Å². The number of benzene rings is 1. The van der Waals surface area contributed by atoms with Gasteiger partial charge in [0.15, 0.2) is 5.03 Å². The Hall–Kier alpha value is -2.92. The third-order valence-electron chi connectivity index (χ3n) is 5.39. The number of nitrogens with one attached hydrogen (secondary N) is 2. The number of carbonyl (C=O) groups is 2. The fourth-order valence-corrected chi connectivity index (χ4v) is 4.95. The van der Waals surface area contributed by atoms with E-state index < -0.39 is 10.0 Å². The van der Waals surface area contributed by atoms with Crippen molar-refractivity contribution in [3.05, 3.63) is 36.3 Å². The van der Waals surface area contributed by atoms with E-state index in [0.717, 1.165) is 0 Å². The number of sulfonamides is 1. The van der Waals surface area contributed by atoms with Crippen LogP contribution in [0.5, 0.6) is 5.75 Å². The molecule has 0 atom stereocenters. The maximum Gasteiger partial charge on any atom is 0.262 e. The van der Waals surface area contributed by atoms with Gasteiger partial charge in [0.05, 0.1) is 13.2 Å². The molecule has 0 bridgehead atoms. The highest BCUT2D eigenvalue weighted by Crippen LogP contribution is 2.23. The van der Waals surface area contributed by atoms with Crippen molar-refractivity contribution in [2.75, 3.05) is 31.6 Å². The summed E-state index contributed by atoms with van der Waals surface area (Å²) in [5.74, 6) is 0.391. The quantitative estimate of drug-likeness (QED) is 0.608. The van der Waals surface area contributed by atoms with Crippen LogP contribution in [0, 0.1) is 12.8 Å². The Morgan fingerprint density at radius 2 is 1.84 bits per heavy atom. The number of aromatic nitrogens is 2. The fourth-order valence-electron chi connectivity index (χ4n) is 3.46. The minimum Gasteiger partial charge on any atom is -0.494 e. The molecule has 32 heavy (non-hydrogen) atoms.